The lowest BCUT2D eigenvalue weighted by Crippen LogP contribution is -2.50. The van der Waals surface area contributed by atoms with E-state index in [0.29, 0.717) is 56.2 Å². The molecule has 16 heteroatoms. The number of benzene rings is 3. The first-order chi connectivity index (χ1) is 24.3. The number of carbonyl (C=O) groups is 2. The summed E-state index contributed by atoms with van der Waals surface area (Å²) in [5, 5.41) is 7.88. The largest absolute Gasteiger partial charge is 0.497 e. The van der Waals surface area contributed by atoms with Crippen molar-refractivity contribution in [1.82, 2.24) is 15.5 Å². The molecule has 1 heterocycles. The predicted octanol–water partition coefficient (Wildman–Crippen LogP) is 8.25. The normalized spacial score (nSPS) is 17.1. The minimum absolute atomic E-state index is 0.00856. The Balaban J connectivity index is 1.36. The van der Waals surface area contributed by atoms with E-state index in [9.17, 15) is 9.59 Å². The Morgan fingerprint density at radius 2 is 1.35 bits per heavy atom. The number of nitrogens with one attached hydrogen (secondary N) is 3. The monoisotopic (exact) mass is 816 g/mol. The van der Waals surface area contributed by atoms with Gasteiger partial charge in [0.2, 0.25) is 20.0 Å². The van der Waals surface area contributed by atoms with Crippen LogP contribution in [0.3, 0.4) is 0 Å². The molecular weight excluding hydrogens is 785 g/mol. The molecule has 3 aromatic rings. The van der Waals surface area contributed by atoms with Crippen LogP contribution >= 0.6 is 69.6 Å². The minimum Gasteiger partial charge on any atom is -0.497 e. The summed E-state index contributed by atoms with van der Waals surface area (Å²) in [4.78, 5) is 29.0. The second-order valence-electron chi connectivity index (χ2n) is 11.3. The summed E-state index contributed by atoms with van der Waals surface area (Å²) in [5.74, 6) is 0.156. The molecule has 3 N–H and O–H groups in total. The molecule has 1 saturated heterocycles. The number of urea groups is 1. The molecule has 2 aliphatic rings. The number of anilines is 1. The number of hydrogen-bond donors (Lipinski definition) is 3. The molecule has 0 aromatic heterocycles. The number of halogens is 6. The van der Waals surface area contributed by atoms with Gasteiger partial charge in [-0.3, -0.25) is 10.1 Å². The Kier molecular flexibility index (Phi) is 13.4. The number of alkyl halides is 6. The minimum atomic E-state index is -2.15. The third kappa shape index (κ3) is 10.9. The second-order valence-corrected chi connectivity index (χ2v) is 16.1. The van der Waals surface area contributed by atoms with Gasteiger partial charge in [0.15, 0.2) is 11.5 Å². The average molecular weight is 819 g/mol. The van der Waals surface area contributed by atoms with Crippen molar-refractivity contribution in [2.45, 2.75) is 32.9 Å². The zero-order chi connectivity index (χ0) is 36.6. The zero-order valence-corrected chi connectivity index (χ0v) is 31.7. The van der Waals surface area contributed by atoms with Gasteiger partial charge in [0.05, 0.1) is 20.3 Å². The number of nitrogens with zero attached hydrogens (tertiary/aromatic N) is 1. The van der Waals surface area contributed by atoms with Crippen LogP contribution < -0.4 is 30.2 Å². The SMILES string of the molecule is COc1ccc(NC(=O)N[C@H](Oc2ccccc2O[C@@H](NC(=O)C2=C(N3CCOCC3)/C(=C/c3ccccc3)CC2)C(Cl)(Cl)Cl)C(Cl)(Cl)Cl)cc1. The lowest BCUT2D eigenvalue weighted by atomic mass is 10.1. The van der Waals surface area contributed by atoms with Crippen molar-refractivity contribution in [3.63, 3.8) is 0 Å². The number of ether oxygens (including phenoxy) is 4. The van der Waals surface area contributed by atoms with Crippen molar-refractivity contribution in [3.8, 4) is 17.2 Å². The highest BCUT2D eigenvalue weighted by molar-refractivity contribution is 6.68. The van der Waals surface area contributed by atoms with Crippen LogP contribution in [0.2, 0.25) is 0 Å². The van der Waals surface area contributed by atoms with E-state index >= 15 is 0 Å². The molecule has 3 amide bonds. The van der Waals surface area contributed by atoms with Gasteiger partial charge in [-0.15, -0.1) is 0 Å². The van der Waals surface area contributed by atoms with Crippen molar-refractivity contribution in [2.75, 3.05) is 38.7 Å². The van der Waals surface area contributed by atoms with Crippen LogP contribution in [0.5, 0.6) is 17.2 Å². The molecule has 1 aliphatic heterocycles. The summed E-state index contributed by atoms with van der Waals surface area (Å²) >= 11 is 37.8. The Bertz CT molecular complexity index is 1720. The van der Waals surface area contributed by atoms with Crippen LogP contribution in [-0.4, -0.2) is 70.3 Å². The van der Waals surface area contributed by atoms with Gasteiger partial charge < -0.3 is 34.5 Å². The standard InChI is InChI=1S/C35H34Cl6N4O6/c1-48-25-14-12-24(13-15-25)42-33(47)44-32(35(39,40)41)51-28-10-6-5-9-27(28)50-31(34(36,37)38)43-30(46)26-16-11-23(21-22-7-3-2-4-8-22)29(26)45-17-19-49-20-18-45/h2-10,12-15,21,31-32H,11,16-20H2,1H3,(H,43,46)(H2,42,44,47)/b23-21+/t31-,32-/m1/s1. The van der Waals surface area contributed by atoms with Gasteiger partial charge in [0.1, 0.15) is 5.75 Å². The average Bonchev–Trinajstić information content (AvgIpc) is 3.52. The summed E-state index contributed by atoms with van der Waals surface area (Å²) in [6, 6.07) is 22.0. The van der Waals surface area contributed by atoms with Gasteiger partial charge in [-0.2, -0.15) is 0 Å². The molecule has 51 heavy (non-hydrogen) atoms. The fraction of sp³-hybridized carbons (Fsp3) is 0.314. The molecule has 1 fully saturated rings. The van der Waals surface area contributed by atoms with Gasteiger partial charge in [-0.1, -0.05) is 112 Å². The number of methoxy groups -OCH3 is 1. The van der Waals surface area contributed by atoms with Crippen LogP contribution in [0.15, 0.2) is 95.7 Å². The number of carbonyl (C=O) groups excluding carboxylic acids is 2. The van der Waals surface area contributed by atoms with Gasteiger partial charge in [-0.25, -0.2) is 4.79 Å². The fourth-order valence-corrected chi connectivity index (χ4v) is 6.00. The Morgan fingerprint density at radius 1 is 0.784 bits per heavy atom. The lowest BCUT2D eigenvalue weighted by molar-refractivity contribution is -0.120. The number of rotatable bonds is 11. The van der Waals surface area contributed by atoms with Crippen molar-refractivity contribution in [3.05, 3.63) is 101 Å². The van der Waals surface area contributed by atoms with Gasteiger partial charge >= 0.3 is 6.03 Å². The van der Waals surface area contributed by atoms with Gasteiger partial charge in [-0.05, 0) is 66.5 Å². The van der Waals surface area contributed by atoms with E-state index in [2.05, 4.69) is 26.9 Å². The van der Waals surface area contributed by atoms with Crippen LogP contribution in [0.4, 0.5) is 10.5 Å². The second kappa shape index (κ2) is 17.5. The maximum Gasteiger partial charge on any atom is 0.322 e. The number of amides is 3. The molecule has 2 atom stereocenters. The Labute approximate surface area is 325 Å². The van der Waals surface area contributed by atoms with E-state index in [1.165, 1.54) is 19.2 Å². The highest BCUT2D eigenvalue weighted by atomic mass is 35.6. The van der Waals surface area contributed by atoms with E-state index < -0.39 is 32.0 Å². The smallest absolute Gasteiger partial charge is 0.322 e. The summed E-state index contributed by atoms with van der Waals surface area (Å²) in [6.07, 6.45) is 0.142. The number of morpholine rings is 1. The molecule has 0 spiro atoms. The van der Waals surface area contributed by atoms with E-state index in [1.54, 1.807) is 36.4 Å². The maximum atomic E-state index is 14.0. The van der Waals surface area contributed by atoms with Crippen molar-refractivity contribution in [1.29, 1.82) is 0 Å². The van der Waals surface area contributed by atoms with Crippen molar-refractivity contribution >= 4 is 93.3 Å². The van der Waals surface area contributed by atoms with Crippen LogP contribution in [-0.2, 0) is 9.53 Å². The first kappa shape index (κ1) is 39.0. The molecule has 0 saturated carbocycles. The van der Waals surface area contributed by atoms with E-state index in [1.807, 2.05) is 30.3 Å². The number of hydrogen-bond acceptors (Lipinski definition) is 7. The molecule has 10 nitrogen and oxygen atoms in total. The molecule has 3 aromatic carbocycles. The highest BCUT2D eigenvalue weighted by Crippen LogP contribution is 2.40. The van der Waals surface area contributed by atoms with Crippen LogP contribution in [0.25, 0.3) is 6.08 Å². The highest BCUT2D eigenvalue weighted by Gasteiger charge is 2.40. The first-order valence-corrected chi connectivity index (χ1v) is 18.0. The number of allylic oxidation sites excluding steroid dienone is 1. The Hall–Kier alpha value is -3.22. The molecule has 0 bridgehead atoms. The first-order valence-electron chi connectivity index (χ1n) is 15.7. The van der Waals surface area contributed by atoms with Crippen LogP contribution in [0, 0.1) is 0 Å². The lowest BCUT2D eigenvalue weighted by Gasteiger charge is -2.32. The molecule has 0 radical (unpaired) electrons. The summed E-state index contributed by atoms with van der Waals surface area (Å²) in [6.45, 7) is 2.29. The molecule has 5 rings (SSSR count). The topological polar surface area (TPSA) is 110 Å². The van der Waals surface area contributed by atoms with Crippen molar-refractivity contribution in [2.24, 2.45) is 0 Å². The molecule has 1 aliphatic carbocycles. The molecule has 0 unspecified atom stereocenters. The maximum absolute atomic E-state index is 14.0. The summed E-state index contributed by atoms with van der Waals surface area (Å²) in [5.41, 5.74) is 3.81. The third-order valence-electron chi connectivity index (χ3n) is 7.78. The van der Waals surface area contributed by atoms with E-state index in [-0.39, 0.29) is 11.5 Å². The quantitative estimate of drug-likeness (QED) is 0.132. The van der Waals surface area contributed by atoms with Gasteiger partial charge in [0, 0.05) is 30.0 Å². The van der Waals surface area contributed by atoms with E-state index in [0.717, 1.165) is 16.8 Å². The van der Waals surface area contributed by atoms with Crippen molar-refractivity contribution < 1.29 is 28.5 Å². The predicted molar refractivity (Wildman–Crippen MR) is 202 cm³/mol. The molecular formula is C35H34Cl6N4O6. The van der Waals surface area contributed by atoms with Crippen LogP contribution in [0.1, 0.15) is 18.4 Å². The third-order valence-corrected chi connectivity index (χ3v) is 8.97. The zero-order valence-electron chi connectivity index (χ0n) is 27.1. The van der Waals surface area contributed by atoms with Gasteiger partial charge in [0.25, 0.3) is 5.91 Å². The fourth-order valence-electron chi connectivity index (χ4n) is 5.41. The summed E-state index contributed by atoms with van der Waals surface area (Å²) in [7, 11) is 1.53. The number of para-hydroxylation sites is 2. The van der Waals surface area contributed by atoms with E-state index in [4.69, 9.17) is 88.6 Å². The summed E-state index contributed by atoms with van der Waals surface area (Å²) < 4.78 is 18.5. The Morgan fingerprint density at radius 3 is 1.92 bits per heavy atom. The molecule has 272 valence electrons.